The average Bonchev–Trinajstić information content (AvgIpc) is 3.22. The quantitative estimate of drug-likeness (QED) is 0.621. The zero-order valence-electron chi connectivity index (χ0n) is 13.8. The SMILES string of the molecule is CCOCCn1c(=NC(=O)c2ccno2)sc2cc(S(N)(=O)=O)ccc21. The minimum absolute atomic E-state index is 0.00341. The van der Waals surface area contributed by atoms with Crippen molar-refractivity contribution in [3.05, 3.63) is 41.0 Å². The van der Waals surface area contributed by atoms with E-state index in [0.717, 1.165) is 5.52 Å². The Balaban J connectivity index is 2.13. The second-order valence-electron chi connectivity index (χ2n) is 5.20. The molecule has 26 heavy (non-hydrogen) atoms. The summed E-state index contributed by atoms with van der Waals surface area (Å²) in [5, 5.41) is 8.68. The molecule has 3 aromatic rings. The number of primary sulfonamides is 1. The molecule has 0 aliphatic heterocycles. The highest BCUT2D eigenvalue weighted by Gasteiger charge is 2.14. The summed E-state index contributed by atoms with van der Waals surface area (Å²) in [7, 11) is -3.83. The third-order valence-electron chi connectivity index (χ3n) is 3.49. The highest BCUT2D eigenvalue weighted by atomic mass is 32.2. The number of carbonyl (C=O) groups is 1. The molecule has 2 heterocycles. The van der Waals surface area contributed by atoms with Gasteiger partial charge in [-0.05, 0) is 25.1 Å². The van der Waals surface area contributed by atoms with E-state index in [0.29, 0.717) is 29.3 Å². The fourth-order valence-electron chi connectivity index (χ4n) is 2.30. The normalized spacial score (nSPS) is 12.8. The monoisotopic (exact) mass is 396 g/mol. The van der Waals surface area contributed by atoms with Gasteiger partial charge >= 0.3 is 5.91 Å². The van der Waals surface area contributed by atoms with Crippen molar-refractivity contribution < 1.29 is 22.5 Å². The van der Waals surface area contributed by atoms with Crippen molar-refractivity contribution >= 4 is 37.5 Å². The van der Waals surface area contributed by atoms with Gasteiger partial charge in [0.05, 0.1) is 27.9 Å². The molecule has 0 unspecified atom stereocenters. The molecule has 138 valence electrons. The molecule has 0 bridgehead atoms. The summed E-state index contributed by atoms with van der Waals surface area (Å²) in [6.07, 6.45) is 1.36. The smallest absolute Gasteiger partial charge is 0.318 e. The summed E-state index contributed by atoms with van der Waals surface area (Å²) in [4.78, 5) is 16.7. The van der Waals surface area contributed by atoms with Crippen LogP contribution in [0.1, 0.15) is 17.5 Å². The molecule has 11 heteroatoms. The van der Waals surface area contributed by atoms with Crippen LogP contribution in [0.25, 0.3) is 10.2 Å². The van der Waals surface area contributed by atoms with Crippen LogP contribution in [0.2, 0.25) is 0 Å². The zero-order chi connectivity index (χ0) is 18.7. The van der Waals surface area contributed by atoms with E-state index in [1.807, 2.05) is 6.92 Å². The minimum atomic E-state index is -3.83. The van der Waals surface area contributed by atoms with Gasteiger partial charge in [0, 0.05) is 19.2 Å². The van der Waals surface area contributed by atoms with E-state index in [-0.39, 0.29) is 10.7 Å². The van der Waals surface area contributed by atoms with Crippen molar-refractivity contribution in [3.63, 3.8) is 0 Å². The van der Waals surface area contributed by atoms with Crippen LogP contribution in [-0.2, 0) is 21.3 Å². The summed E-state index contributed by atoms with van der Waals surface area (Å²) in [5.41, 5.74) is 0.728. The maximum atomic E-state index is 12.2. The van der Waals surface area contributed by atoms with Crippen molar-refractivity contribution in [2.24, 2.45) is 10.1 Å². The number of carbonyl (C=O) groups excluding carboxylic acids is 1. The number of nitrogens with zero attached hydrogens (tertiary/aromatic N) is 3. The van der Waals surface area contributed by atoms with Crippen LogP contribution >= 0.6 is 11.3 Å². The molecule has 1 amide bonds. The summed E-state index contributed by atoms with van der Waals surface area (Å²) in [6.45, 7) is 3.31. The van der Waals surface area contributed by atoms with E-state index in [1.54, 1.807) is 10.6 Å². The van der Waals surface area contributed by atoms with Gasteiger partial charge in [-0.3, -0.25) is 4.79 Å². The number of sulfonamides is 1. The Morgan fingerprint density at radius 3 is 2.88 bits per heavy atom. The lowest BCUT2D eigenvalue weighted by molar-refractivity contribution is 0.0961. The molecule has 0 radical (unpaired) electrons. The van der Waals surface area contributed by atoms with Crippen LogP contribution in [0.4, 0.5) is 0 Å². The van der Waals surface area contributed by atoms with E-state index in [9.17, 15) is 13.2 Å². The molecule has 0 spiro atoms. The van der Waals surface area contributed by atoms with Gasteiger partial charge in [0.1, 0.15) is 0 Å². The molecule has 2 N–H and O–H groups in total. The molecule has 0 saturated heterocycles. The van der Waals surface area contributed by atoms with E-state index in [1.165, 1.54) is 35.7 Å². The van der Waals surface area contributed by atoms with Gasteiger partial charge in [0.2, 0.25) is 15.8 Å². The van der Waals surface area contributed by atoms with Crippen LogP contribution in [0, 0.1) is 0 Å². The number of benzene rings is 1. The van der Waals surface area contributed by atoms with Crippen molar-refractivity contribution in [1.82, 2.24) is 9.72 Å². The highest BCUT2D eigenvalue weighted by molar-refractivity contribution is 7.89. The fourth-order valence-corrected chi connectivity index (χ4v) is 4.01. The molecular weight excluding hydrogens is 380 g/mol. The average molecular weight is 396 g/mol. The third kappa shape index (κ3) is 3.90. The molecule has 0 atom stereocenters. The van der Waals surface area contributed by atoms with Crippen molar-refractivity contribution in [1.29, 1.82) is 0 Å². The van der Waals surface area contributed by atoms with Crippen LogP contribution < -0.4 is 9.94 Å². The lowest BCUT2D eigenvalue weighted by Crippen LogP contribution is -2.19. The van der Waals surface area contributed by atoms with Gasteiger partial charge in [0.25, 0.3) is 0 Å². The van der Waals surface area contributed by atoms with Gasteiger partial charge < -0.3 is 13.8 Å². The van der Waals surface area contributed by atoms with Crippen LogP contribution in [0.15, 0.2) is 44.9 Å². The predicted molar refractivity (Wildman–Crippen MR) is 94.1 cm³/mol. The molecule has 9 nitrogen and oxygen atoms in total. The van der Waals surface area contributed by atoms with E-state index in [4.69, 9.17) is 14.4 Å². The Hall–Kier alpha value is -2.34. The molecule has 0 aliphatic rings. The number of aromatic nitrogens is 2. The number of hydrogen-bond acceptors (Lipinski definition) is 7. The molecule has 3 rings (SSSR count). The molecule has 2 aromatic heterocycles. The Kier molecular flexibility index (Phi) is 5.32. The van der Waals surface area contributed by atoms with Crippen molar-refractivity contribution in [2.75, 3.05) is 13.2 Å². The number of ether oxygens (including phenoxy) is 1. The summed E-state index contributed by atoms with van der Waals surface area (Å²) < 4.78 is 35.8. The Morgan fingerprint density at radius 2 is 2.23 bits per heavy atom. The van der Waals surface area contributed by atoms with Gasteiger partial charge in [-0.15, -0.1) is 0 Å². The molecule has 0 aliphatic carbocycles. The van der Waals surface area contributed by atoms with Gasteiger partial charge in [-0.2, -0.15) is 4.99 Å². The minimum Gasteiger partial charge on any atom is -0.380 e. The highest BCUT2D eigenvalue weighted by Crippen LogP contribution is 2.21. The van der Waals surface area contributed by atoms with Gasteiger partial charge in [-0.1, -0.05) is 16.5 Å². The first-order valence-electron chi connectivity index (χ1n) is 7.64. The number of hydrogen-bond donors (Lipinski definition) is 1. The van der Waals surface area contributed by atoms with Crippen molar-refractivity contribution in [2.45, 2.75) is 18.4 Å². The Bertz CT molecular complexity index is 1100. The largest absolute Gasteiger partial charge is 0.380 e. The maximum absolute atomic E-state index is 12.2. The van der Waals surface area contributed by atoms with Crippen molar-refractivity contribution in [3.8, 4) is 0 Å². The summed E-state index contributed by atoms with van der Waals surface area (Å²) >= 11 is 1.18. The number of thiazole rings is 1. The Labute approximate surface area is 152 Å². The second kappa shape index (κ2) is 7.50. The molecule has 0 fully saturated rings. The second-order valence-corrected chi connectivity index (χ2v) is 7.77. The zero-order valence-corrected chi connectivity index (χ0v) is 15.4. The first-order valence-corrected chi connectivity index (χ1v) is 10.00. The van der Waals surface area contributed by atoms with Crippen LogP contribution in [0.3, 0.4) is 0 Å². The first-order chi connectivity index (χ1) is 12.4. The number of nitrogens with two attached hydrogens (primary N) is 1. The third-order valence-corrected chi connectivity index (χ3v) is 5.44. The number of fused-ring (bicyclic) bond motifs is 1. The molecule has 1 aromatic carbocycles. The lowest BCUT2D eigenvalue weighted by atomic mass is 10.3. The molecular formula is C15H16N4O5S2. The van der Waals surface area contributed by atoms with E-state index in [2.05, 4.69) is 10.1 Å². The van der Waals surface area contributed by atoms with Gasteiger partial charge in [0.15, 0.2) is 4.80 Å². The summed E-state index contributed by atoms with van der Waals surface area (Å²) in [6, 6.07) is 5.94. The van der Waals surface area contributed by atoms with E-state index >= 15 is 0 Å². The fraction of sp³-hybridized carbons (Fsp3) is 0.267. The summed E-state index contributed by atoms with van der Waals surface area (Å²) in [5.74, 6) is -0.560. The first kappa shape index (κ1) is 18.5. The number of rotatable bonds is 6. The maximum Gasteiger partial charge on any atom is 0.318 e. The molecule has 0 saturated carbocycles. The van der Waals surface area contributed by atoms with Crippen LogP contribution in [-0.4, -0.2) is 37.3 Å². The van der Waals surface area contributed by atoms with E-state index < -0.39 is 15.9 Å². The van der Waals surface area contributed by atoms with Crippen LogP contribution in [0.5, 0.6) is 0 Å². The standard InChI is InChI=1S/C15H16N4O5S2/c1-2-23-8-7-19-11-4-3-10(26(16,21)22)9-13(11)25-15(19)18-14(20)12-5-6-17-24-12/h3-6,9H,2,7-8H2,1H3,(H2,16,21,22). The number of amides is 1. The Morgan fingerprint density at radius 1 is 1.42 bits per heavy atom. The topological polar surface area (TPSA) is 130 Å². The lowest BCUT2D eigenvalue weighted by Gasteiger charge is -2.05. The van der Waals surface area contributed by atoms with Gasteiger partial charge in [-0.25, -0.2) is 13.6 Å². The predicted octanol–water partition coefficient (Wildman–Crippen LogP) is 1.12.